The lowest BCUT2D eigenvalue weighted by Crippen LogP contribution is -2.51. The first kappa shape index (κ1) is 26.2. The average molecular weight is 552 g/mol. The quantitative estimate of drug-likeness (QED) is 0.390. The van der Waals surface area contributed by atoms with Gasteiger partial charge in [-0.05, 0) is 59.9 Å². The molecule has 2 N–H and O–H groups in total. The minimum Gasteiger partial charge on any atom is -0.360 e. The highest BCUT2D eigenvalue weighted by atomic mass is 35.5. The van der Waals surface area contributed by atoms with E-state index in [1.54, 1.807) is 0 Å². The van der Waals surface area contributed by atoms with E-state index in [0.29, 0.717) is 13.1 Å². The van der Waals surface area contributed by atoms with Gasteiger partial charge >= 0.3 is 6.03 Å². The summed E-state index contributed by atoms with van der Waals surface area (Å²) in [4.78, 5) is 19.8. The molecule has 0 bridgehead atoms. The molecular weight excluding hydrogens is 518 g/mol. The molecule has 1 saturated heterocycles. The average Bonchev–Trinajstić information content (AvgIpc) is 3.33. The van der Waals surface area contributed by atoms with E-state index in [1.165, 1.54) is 16.8 Å². The maximum absolute atomic E-state index is 13.1. The van der Waals surface area contributed by atoms with Crippen LogP contribution in [-0.2, 0) is 0 Å². The van der Waals surface area contributed by atoms with Crippen LogP contribution in [0.4, 0.5) is 10.5 Å². The standard InChI is InChI=1S/C33H34ClN5O/c1-23-7-6-8-24(2)31(23)36-33(40)38-19-17-37(18-20-38)22-29-32(26-11-14-28(34)15-12-26)35-30-16-13-27(21-39(29)30)25-9-4-3-5-10-25/h3-16,21,30,35H,17-20,22H2,1-2H3,(H,36,40). The minimum absolute atomic E-state index is 0.0303. The Kier molecular flexibility index (Phi) is 7.37. The number of carbonyl (C=O) groups is 1. The van der Waals surface area contributed by atoms with E-state index in [2.05, 4.69) is 75.2 Å². The zero-order chi connectivity index (χ0) is 27.6. The molecule has 2 amide bonds. The van der Waals surface area contributed by atoms with E-state index < -0.39 is 0 Å². The number of benzene rings is 3. The summed E-state index contributed by atoms with van der Waals surface area (Å²) in [6, 6.07) is 24.6. The summed E-state index contributed by atoms with van der Waals surface area (Å²) in [5, 5.41) is 7.60. The van der Waals surface area contributed by atoms with E-state index >= 15 is 0 Å². The summed E-state index contributed by atoms with van der Waals surface area (Å²) in [7, 11) is 0. The summed E-state index contributed by atoms with van der Waals surface area (Å²) in [5.41, 5.74) is 8.90. The third kappa shape index (κ3) is 5.37. The van der Waals surface area contributed by atoms with Crippen molar-refractivity contribution in [2.45, 2.75) is 20.0 Å². The van der Waals surface area contributed by atoms with Crippen molar-refractivity contribution in [2.24, 2.45) is 0 Å². The molecular formula is C33H34ClN5O. The lowest BCUT2D eigenvalue weighted by atomic mass is 10.0. The van der Waals surface area contributed by atoms with Crippen molar-refractivity contribution in [1.82, 2.24) is 20.0 Å². The van der Waals surface area contributed by atoms with E-state index in [-0.39, 0.29) is 12.2 Å². The number of piperazine rings is 1. The van der Waals surface area contributed by atoms with Gasteiger partial charge in [0.15, 0.2) is 0 Å². The van der Waals surface area contributed by atoms with Crippen LogP contribution in [0.25, 0.3) is 11.3 Å². The first-order valence-electron chi connectivity index (χ1n) is 13.8. The number of carbonyl (C=O) groups excluding carboxylic acids is 1. The predicted molar refractivity (Wildman–Crippen MR) is 164 cm³/mol. The lowest BCUT2D eigenvalue weighted by Gasteiger charge is -2.36. The smallest absolute Gasteiger partial charge is 0.321 e. The van der Waals surface area contributed by atoms with Crippen molar-refractivity contribution in [3.05, 3.63) is 124 Å². The van der Waals surface area contributed by atoms with Crippen LogP contribution in [0, 0.1) is 13.8 Å². The molecule has 6 rings (SSSR count). The first-order chi connectivity index (χ1) is 19.5. The Morgan fingerprint density at radius 1 is 0.900 bits per heavy atom. The van der Waals surface area contributed by atoms with E-state index in [9.17, 15) is 4.79 Å². The maximum Gasteiger partial charge on any atom is 0.321 e. The second-order valence-electron chi connectivity index (χ2n) is 10.6. The molecule has 1 fully saturated rings. The predicted octanol–water partition coefficient (Wildman–Crippen LogP) is 6.32. The van der Waals surface area contributed by atoms with Crippen molar-refractivity contribution in [1.29, 1.82) is 0 Å². The molecule has 204 valence electrons. The molecule has 3 aliphatic heterocycles. The number of nitrogens with one attached hydrogen (secondary N) is 2. The van der Waals surface area contributed by atoms with Crippen LogP contribution < -0.4 is 10.6 Å². The topological polar surface area (TPSA) is 50.9 Å². The number of rotatable bonds is 5. The van der Waals surface area contributed by atoms with Gasteiger partial charge in [0, 0.05) is 49.6 Å². The fourth-order valence-corrected chi connectivity index (χ4v) is 5.76. The fraction of sp³-hybridized carbons (Fsp3) is 0.242. The summed E-state index contributed by atoms with van der Waals surface area (Å²) >= 11 is 6.21. The van der Waals surface area contributed by atoms with Gasteiger partial charge in [0.1, 0.15) is 6.17 Å². The number of hydrogen-bond acceptors (Lipinski definition) is 4. The van der Waals surface area contributed by atoms with Gasteiger partial charge in [-0.3, -0.25) is 4.90 Å². The zero-order valence-electron chi connectivity index (χ0n) is 22.9. The highest BCUT2D eigenvalue weighted by Gasteiger charge is 2.33. The zero-order valence-corrected chi connectivity index (χ0v) is 23.7. The van der Waals surface area contributed by atoms with Gasteiger partial charge in [-0.2, -0.15) is 0 Å². The number of para-hydroxylation sites is 1. The Morgan fingerprint density at radius 2 is 1.60 bits per heavy atom. The van der Waals surface area contributed by atoms with Crippen LogP contribution in [0.5, 0.6) is 0 Å². The van der Waals surface area contributed by atoms with Gasteiger partial charge < -0.3 is 20.4 Å². The Labute approximate surface area is 241 Å². The summed E-state index contributed by atoms with van der Waals surface area (Å²) in [5.74, 6) is 0. The van der Waals surface area contributed by atoms with Crippen LogP contribution in [0.15, 0.2) is 96.8 Å². The van der Waals surface area contributed by atoms with Gasteiger partial charge in [0.05, 0.1) is 11.4 Å². The molecule has 3 aromatic carbocycles. The van der Waals surface area contributed by atoms with Crippen molar-refractivity contribution >= 4 is 34.6 Å². The van der Waals surface area contributed by atoms with Gasteiger partial charge in [-0.25, -0.2) is 4.79 Å². The van der Waals surface area contributed by atoms with Crippen molar-refractivity contribution in [3.63, 3.8) is 0 Å². The normalized spacial score (nSPS) is 18.9. The minimum atomic E-state index is -0.0303. The number of hydrogen-bond donors (Lipinski definition) is 2. The molecule has 0 aliphatic carbocycles. The van der Waals surface area contributed by atoms with E-state index in [0.717, 1.165) is 52.7 Å². The molecule has 3 aliphatic rings. The number of allylic oxidation sites excluding steroid dienone is 2. The second kappa shape index (κ2) is 11.2. The molecule has 1 atom stereocenters. The molecule has 6 nitrogen and oxygen atoms in total. The number of urea groups is 1. The molecule has 40 heavy (non-hydrogen) atoms. The number of nitrogens with zero attached hydrogens (tertiary/aromatic N) is 3. The van der Waals surface area contributed by atoms with Crippen molar-refractivity contribution in [3.8, 4) is 0 Å². The largest absolute Gasteiger partial charge is 0.360 e. The summed E-state index contributed by atoms with van der Waals surface area (Å²) in [6.07, 6.45) is 6.72. The van der Waals surface area contributed by atoms with Gasteiger partial charge in [0.25, 0.3) is 0 Å². The Balaban J connectivity index is 1.20. The molecule has 0 aromatic heterocycles. The number of fused-ring (bicyclic) bond motifs is 1. The first-order valence-corrected chi connectivity index (χ1v) is 14.2. The molecule has 3 aromatic rings. The Hall–Kier alpha value is -4.00. The van der Waals surface area contributed by atoms with Crippen LogP contribution >= 0.6 is 11.6 Å². The SMILES string of the molecule is Cc1cccc(C)c1NC(=O)N1CCN(CC2=C(c3ccc(Cl)cc3)NC3C=CC(c4ccccc4)=CN23)CC1. The number of amides is 2. The molecule has 0 radical (unpaired) electrons. The third-order valence-corrected chi connectivity index (χ3v) is 8.17. The molecule has 0 saturated carbocycles. The Morgan fingerprint density at radius 3 is 2.30 bits per heavy atom. The van der Waals surface area contributed by atoms with Crippen LogP contribution in [0.1, 0.15) is 22.3 Å². The van der Waals surface area contributed by atoms with Crippen LogP contribution in [-0.4, -0.2) is 59.6 Å². The van der Waals surface area contributed by atoms with Crippen molar-refractivity contribution < 1.29 is 4.79 Å². The third-order valence-electron chi connectivity index (χ3n) is 7.91. The molecule has 1 unspecified atom stereocenters. The van der Waals surface area contributed by atoms with E-state index in [1.807, 2.05) is 55.1 Å². The number of halogens is 1. The number of anilines is 1. The molecule has 7 heteroatoms. The Bertz CT molecular complexity index is 1470. The number of aryl methyl sites for hydroxylation is 2. The van der Waals surface area contributed by atoms with Gasteiger partial charge in [-0.15, -0.1) is 0 Å². The highest BCUT2D eigenvalue weighted by molar-refractivity contribution is 6.30. The maximum atomic E-state index is 13.1. The lowest BCUT2D eigenvalue weighted by molar-refractivity contribution is 0.149. The van der Waals surface area contributed by atoms with Crippen LogP contribution in [0.3, 0.4) is 0 Å². The summed E-state index contributed by atoms with van der Waals surface area (Å²) < 4.78 is 0. The van der Waals surface area contributed by atoms with Gasteiger partial charge in [-0.1, -0.05) is 78.3 Å². The van der Waals surface area contributed by atoms with Gasteiger partial charge in [0.2, 0.25) is 0 Å². The second-order valence-corrected chi connectivity index (χ2v) is 11.0. The molecule has 3 heterocycles. The van der Waals surface area contributed by atoms with Crippen LogP contribution in [0.2, 0.25) is 5.02 Å². The van der Waals surface area contributed by atoms with Crippen molar-refractivity contribution in [2.75, 3.05) is 38.0 Å². The highest BCUT2D eigenvalue weighted by Crippen LogP contribution is 2.34. The summed E-state index contributed by atoms with van der Waals surface area (Å²) in [6.45, 7) is 7.82. The molecule has 0 spiro atoms. The van der Waals surface area contributed by atoms with E-state index in [4.69, 9.17) is 11.6 Å². The monoisotopic (exact) mass is 551 g/mol. The fourth-order valence-electron chi connectivity index (χ4n) is 5.63.